The van der Waals surface area contributed by atoms with Crippen molar-refractivity contribution in [3.05, 3.63) is 16.8 Å². The van der Waals surface area contributed by atoms with Crippen LogP contribution in [0.3, 0.4) is 0 Å². The molecule has 2 atom stereocenters. The molecule has 3 N–H and O–H groups in total. The van der Waals surface area contributed by atoms with Crippen LogP contribution in [0.15, 0.2) is 16.8 Å². The van der Waals surface area contributed by atoms with E-state index in [9.17, 15) is 14.7 Å². The molecule has 2 rings (SSSR count). The van der Waals surface area contributed by atoms with Crippen LogP contribution >= 0.6 is 11.3 Å². The molecular formula is C14H20N2O3S. The van der Waals surface area contributed by atoms with Crippen LogP contribution in [0.25, 0.3) is 0 Å². The molecule has 1 aromatic heterocycles. The Morgan fingerprint density at radius 2 is 2.05 bits per heavy atom. The summed E-state index contributed by atoms with van der Waals surface area (Å²) in [5.41, 5.74) is 0.634. The summed E-state index contributed by atoms with van der Waals surface area (Å²) in [7, 11) is 0. The van der Waals surface area contributed by atoms with E-state index in [0.29, 0.717) is 5.69 Å². The zero-order valence-corrected chi connectivity index (χ0v) is 12.1. The Kier molecular flexibility index (Phi) is 5.55. The summed E-state index contributed by atoms with van der Waals surface area (Å²) in [6.07, 6.45) is 4.92. The number of aliphatic hydroxyl groups is 1. The van der Waals surface area contributed by atoms with E-state index in [2.05, 4.69) is 10.6 Å². The second-order valence-corrected chi connectivity index (χ2v) is 5.91. The van der Waals surface area contributed by atoms with Crippen molar-refractivity contribution in [3.63, 3.8) is 0 Å². The van der Waals surface area contributed by atoms with Crippen molar-refractivity contribution in [3.8, 4) is 0 Å². The van der Waals surface area contributed by atoms with Crippen molar-refractivity contribution < 1.29 is 14.7 Å². The lowest BCUT2D eigenvalue weighted by Gasteiger charge is -2.24. The Bertz CT molecular complexity index is 447. The molecule has 2 amide bonds. The van der Waals surface area contributed by atoms with Crippen molar-refractivity contribution in [1.29, 1.82) is 0 Å². The summed E-state index contributed by atoms with van der Waals surface area (Å²) in [6, 6.07) is 1.64. The predicted molar refractivity (Wildman–Crippen MR) is 78.5 cm³/mol. The fraction of sp³-hybridized carbons (Fsp3) is 0.571. The molecule has 1 aromatic rings. The van der Waals surface area contributed by atoms with Crippen molar-refractivity contribution >= 4 is 28.8 Å². The first-order valence-electron chi connectivity index (χ1n) is 6.95. The molecule has 1 aliphatic rings. The van der Waals surface area contributed by atoms with Crippen LogP contribution in [0.2, 0.25) is 0 Å². The molecule has 0 saturated heterocycles. The monoisotopic (exact) mass is 296 g/mol. The number of aliphatic hydroxyl groups excluding tert-OH is 1. The number of nitrogens with one attached hydrogen (secondary N) is 2. The fourth-order valence-corrected chi connectivity index (χ4v) is 3.14. The van der Waals surface area contributed by atoms with E-state index in [-0.39, 0.29) is 18.6 Å². The first kappa shape index (κ1) is 15.0. The third kappa shape index (κ3) is 4.05. The standard InChI is InChI=1S/C14H20N2O3S/c17-8-10-4-2-1-3-5-12(10)16-14(19)13(18)15-11-6-7-20-9-11/h6-7,9-10,12,17H,1-5,8H2,(H,15,18)(H,16,19). The Labute approximate surface area is 122 Å². The molecule has 0 bridgehead atoms. The van der Waals surface area contributed by atoms with Gasteiger partial charge < -0.3 is 15.7 Å². The number of carbonyl (C=O) groups excluding carboxylic acids is 2. The lowest BCUT2D eigenvalue weighted by atomic mass is 9.95. The molecule has 0 radical (unpaired) electrons. The van der Waals surface area contributed by atoms with Crippen molar-refractivity contribution in [2.24, 2.45) is 5.92 Å². The molecule has 20 heavy (non-hydrogen) atoms. The average molecular weight is 296 g/mol. The van der Waals surface area contributed by atoms with Gasteiger partial charge in [-0.15, -0.1) is 0 Å². The van der Waals surface area contributed by atoms with E-state index in [1.54, 1.807) is 11.4 Å². The fourth-order valence-electron chi connectivity index (χ4n) is 2.55. The summed E-state index contributed by atoms with van der Waals surface area (Å²) >= 11 is 1.46. The van der Waals surface area contributed by atoms with Gasteiger partial charge in [0.05, 0.1) is 5.69 Å². The highest BCUT2D eigenvalue weighted by atomic mass is 32.1. The normalized spacial score (nSPS) is 22.9. The lowest BCUT2D eigenvalue weighted by Crippen LogP contribution is -2.45. The number of amides is 2. The van der Waals surface area contributed by atoms with Gasteiger partial charge in [0.2, 0.25) is 0 Å². The maximum Gasteiger partial charge on any atom is 0.313 e. The summed E-state index contributed by atoms with van der Waals surface area (Å²) < 4.78 is 0. The van der Waals surface area contributed by atoms with Crippen LogP contribution in [0, 0.1) is 5.92 Å². The quantitative estimate of drug-likeness (QED) is 0.587. The maximum absolute atomic E-state index is 11.9. The molecule has 0 spiro atoms. The van der Waals surface area contributed by atoms with Gasteiger partial charge in [0, 0.05) is 23.9 Å². The van der Waals surface area contributed by atoms with Crippen LogP contribution < -0.4 is 10.6 Å². The third-order valence-electron chi connectivity index (χ3n) is 3.70. The second kappa shape index (κ2) is 7.40. The average Bonchev–Trinajstić information content (AvgIpc) is 2.84. The van der Waals surface area contributed by atoms with Crippen molar-refractivity contribution in [1.82, 2.24) is 5.32 Å². The van der Waals surface area contributed by atoms with Crippen LogP contribution in [0.4, 0.5) is 5.69 Å². The molecule has 1 saturated carbocycles. The van der Waals surface area contributed by atoms with Gasteiger partial charge in [-0.25, -0.2) is 0 Å². The zero-order chi connectivity index (χ0) is 14.4. The van der Waals surface area contributed by atoms with E-state index in [1.165, 1.54) is 11.3 Å². The van der Waals surface area contributed by atoms with Gasteiger partial charge in [0.15, 0.2) is 0 Å². The van der Waals surface area contributed by atoms with E-state index in [0.717, 1.165) is 32.1 Å². The molecule has 110 valence electrons. The van der Waals surface area contributed by atoms with Gasteiger partial charge in [-0.2, -0.15) is 11.3 Å². The molecule has 0 aromatic carbocycles. The number of hydrogen-bond donors (Lipinski definition) is 3. The minimum absolute atomic E-state index is 0.0513. The number of carbonyl (C=O) groups is 2. The van der Waals surface area contributed by atoms with Crippen molar-refractivity contribution in [2.45, 2.75) is 38.1 Å². The minimum Gasteiger partial charge on any atom is -0.396 e. The lowest BCUT2D eigenvalue weighted by molar-refractivity contribution is -0.137. The summed E-state index contributed by atoms with van der Waals surface area (Å²) in [5, 5.41) is 18.3. The van der Waals surface area contributed by atoms with Crippen LogP contribution in [0.5, 0.6) is 0 Å². The van der Waals surface area contributed by atoms with Gasteiger partial charge in [-0.05, 0) is 24.3 Å². The smallest absolute Gasteiger partial charge is 0.313 e. The summed E-state index contributed by atoms with van der Waals surface area (Å²) in [5.74, 6) is -1.22. The Hall–Kier alpha value is -1.40. The first-order valence-corrected chi connectivity index (χ1v) is 7.90. The highest BCUT2D eigenvalue weighted by Crippen LogP contribution is 2.23. The molecule has 1 heterocycles. The SMILES string of the molecule is O=C(Nc1ccsc1)C(=O)NC1CCCCCC1CO. The Balaban J connectivity index is 1.90. The van der Waals surface area contributed by atoms with Crippen LogP contribution in [-0.2, 0) is 9.59 Å². The van der Waals surface area contributed by atoms with E-state index in [1.807, 2.05) is 5.38 Å². The Morgan fingerprint density at radius 3 is 2.75 bits per heavy atom. The number of anilines is 1. The predicted octanol–water partition coefficient (Wildman–Crippen LogP) is 1.74. The maximum atomic E-state index is 11.9. The highest BCUT2D eigenvalue weighted by molar-refractivity contribution is 7.08. The van der Waals surface area contributed by atoms with Crippen LogP contribution in [-0.4, -0.2) is 29.6 Å². The summed E-state index contributed by atoms with van der Waals surface area (Å²) in [6.45, 7) is 0.0527. The molecule has 2 unspecified atom stereocenters. The second-order valence-electron chi connectivity index (χ2n) is 5.13. The largest absolute Gasteiger partial charge is 0.396 e. The summed E-state index contributed by atoms with van der Waals surface area (Å²) in [4.78, 5) is 23.7. The van der Waals surface area contributed by atoms with E-state index < -0.39 is 11.8 Å². The minimum atomic E-state index is -0.649. The van der Waals surface area contributed by atoms with Gasteiger partial charge in [-0.1, -0.05) is 19.3 Å². The van der Waals surface area contributed by atoms with E-state index in [4.69, 9.17) is 0 Å². The zero-order valence-electron chi connectivity index (χ0n) is 11.3. The first-order chi connectivity index (χ1) is 9.70. The number of hydrogen-bond acceptors (Lipinski definition) is 4. The third-order valence-corrected chi connectivity index (χ3v) is 4.38. The Morgan fingerprint density at radius 1 is 1.25 bits per heavy atom. The van der Waals surface area contributed by atoms with Crippen molar-refractivity contribution in [2.75, 3.05) is 11.9 Å². The van der Waals surface area contributed by atoms with Crippen LogP contribution in [0.1, 0.15) is 32.1 Å². The molecule has 1 aliphatic carbocycles. The molecular weight excluding hydrogens is 276 g/mol. The highest BCUT2D eigenvalue weighted by Gasteiger charge is 2.26. The molecule has 5 nitrogen and oxygen atoms in total. The molecule has 1 fully saturated rings. The van der Waals surface area contributed by atoms with Gasteiger partial charge >= 0.3 is 11.8 Å². The number of thiophene rings is 1. The topological polar surface area (TPSA) is 78.4 Å². The van der Waals surface area contributed by atoms with Gasteiger partial charge in [-0.3, -0.25) is 9.59 Å². The molecule has 6 heteroatoms. The number of rotatable bonds is 3. The van der Waals surface area contributed by atoms with E-state index >= 15 is 0 Å². The molecule has 0 aliphatic heterocycles. The van der Waals surface area contributed by atoms with Gasteiger partial charge in [0.1, 0.15) is 0 Å². The van der Waals surface area contributed by atoms with Gasteiger partial charge in [0.25, 0.3) is 0 Å².